The molecule has 2 N–H and O–H groups in total. The first-order valence-corrected chi connectivity index (χ1v) is 8.43. The van der Waals surface area contributed by atoms with Crippen LogP contribution in [0.3, 0.4) is 0 Å². The van der Waals surface area contributed by atoms with Crippen LogP contribution in [0.1, 0.15) is 18.4 Å². The van der Waals surface area contributed by atoms with E-state index in [0.29, 0.717) is 12.2 Å². The summed E-state index contributed by atoms with van der Waals surface area (Å²) < 4.78 is 27.3. The van der Waals surface area contributed by atoms with E-state index in [-0.39, 0.29) is 10.9 Å². The topological polar surface area (TPSA) is 63.4 Å². The molecular formula is C16H18N2O2S. The van der Waals surface area contributed by atoms with Crippen molar-refractivity contribution in [2.45, 2.75) is 30.3 Å². The number of sulfonamides is 1. The lowest BCUT2D eigenvalue weighted by Crippen LogP contribution is -2.32. The molecule has 0 spiro atoms. The maximum absolute atomic E-state index is 12.8. The second-order valence-corrected chi connectivity index (χ2v) is 7.23. The summed E-state index contributed by atoms with van der Waals surface area (Å²) in [6.45, 7) is 0.405. The highest BCUT2D eigenvalue weighted by Gasteiger charge is 2.38. The fraction of sp³-hybridized carbons (Fsp3) is 0.250. The van der Waals surface area contributed by atoms with Crippen LogP contribution in [0, 0.1) is 0 Å². The highest BCUT2D eigenvalue weighted by Crippen LogP contribution is 2.33. The van der Waals surface area contributed by atoms with Gasteiger partial charge in [0, 0.05) is 18.3 Å². The van der Waals surface area contributed by atoms with Crippen LogP contribution in [-0.4, -0.2) is 18.8 Å². The molecule has 0 saturated heterocycles. The Kier molecular flexibility index (Phi) is 3.69. The van der Waals surface area contributed by atoms with Crippen LogP contribution in [0.2, 0.25) is 0 Å². The lowest BCUT2D eigenvalue weighted by Gasteiger charge is -2.22. The Balaban J connectivity index is 1.93. The van der Waals surface area contributed by atoms with Gasteiger partial charge in [-0.15, -0.1) is 0 Å². The van der Waals surface area contributed by atoms with Crippen molar-refractivity contribution in [1.29, 1.82) is 0 Å². The third-order valence-corrected chi connectivity index (χ3v) is 5.49. The third kappa shape index (κ3) is 3.09. The van der Waals surface area contributed by atoms with Crippen molar-refractivity contribution in [2.24, 2.45) is 0 Å². The normalized spacial score (nSPS) is 15.3. The van der Waals surface area contributed by atoms with Crippen LogP contribution in [0.25, 0.3) is 0 Å². The molecule has 0 aliphatic heterocycles. The van der Waals surface area contributed by atoms with Crippen molar-refractivity contribution < 1.29 is 8.42 Å². The van der Waals surface area contributed by atoms with Gasteiger partial charge in [0.1, 0.15) is 0 Å². The van der Waals surface area contributed by atoms with Crippen molar-refractivity contribution in [1.82, 2.24) is 4.31 Å². The molecule has 2 aromatic rings. The molecule has 0 atom stereocenters. The number of rotatable bonds is 5. The quantitative estimate of drug-likeness (QED) is 0.864. The van der Waals surface area contributed by atoms with Gasteiger partial charge >= 0.3 is 0 Å². The molecule has 3 rings (SSSR count). The fourth-order valence-electron chi connectivity index (χ4n) is 2.35. The van der Waals surface area contributed by atoms with Gasteiger partial charge in [0.25, 0.3) is 0 Å². The Bertz CT molecular complexity index is 725. The zero-order valence-electron chi connectivity index (χ0n) is 11.6. The average Bonchev–Trinajstić information content (AvgIpc) is 3.30. The Morgan fingerprint density at radius 2 is 1.76 bits per heavy atom. The highest BCUT2D eigenvalue weighted by atomic mass is 32.2. The van der Waals surface area contributed by atoms with Crippen molar-refractivity contribution >= 4 is 15.7 Å². The van der Waals surface area contributed by atoms with E-state index in [2.05, 4.69) is 0 Å². The van der Waals surface area contributed by atoms with E-state index in [0.717, 1.165) is 18.4 Å². The monoisotopic (exact) mass is 302 g/mol. The molecule has 21 heavy (non-hydrogen) atoms. The smallest absolute Gasteiger partial charge is 0.243 e. The molecule has 0 bridgehead atoms. The predicted molar refractivity (Wildman–Crippen MR) is 83.0 cm³/mol. The Labute approximate surface area is 125 Å². The molecule has 0 aromatic heterocycles. The van der Waals surface area contributed by atoms with E-state index in [1.165, 1.54) is 6.07 Å². The number of nitrogens with two attached hydrogens (primary N) is 1. The van der Waals surface area contributed by atoms with Crippen molar-refractivity contribution in [3.63, 3.8) is 0 Å². The maximum atomic E-state index is 12.8. The van der Waals surface area contributed by atoms with Gasteiger partial charge in [-0.2, -0.15) is 4.31 Å². The maximum Gasteiger partial charge on any atom is 0.243 e. The summed E-state index contributed by atoms with van der Waals surface area (Å²) in [4.78, 5) is 0.269. The van der Waals surface area contributed by atoms with Gasteiger partial charge in [-0.05, 0) is 36.6 Å². The van der Waals surface area contributed by atoms with Gasteiger partial charge < -0.3 is 5.73 Å². The van der Waals surface area contributed by atoms with Crippen LogP contribution in [-0.2, 0) is 16.6 Å². The van der Waals surface area contributed by atoms with Crippen LogP contribution in [0.4, 0.5) is 5.69 Å². The van der Waals surface area contributed by atoms with E-state index in [4.69, 9.17) is 5.73 Å². The van der Waals surface area contributed by atoms with E-state index in [1.54, 1.807) is 22.5 Å². The summed E-state index contributed by atoms with van der Waals surface area (Å²) in [7, 11) is -3.51. The molecule has 1 saturated carbocycles. The van der Waals surface area contributed by atoms with E-state index in [9.17, 15) is 8.42 Å². The van der Waals surface area contributed by atoms with E-state index in [1.807, 2.05) is 30.3 Å². The molecule has 5 heteroatoms. The van der Waals surface area contributed by atoms with Gasteiger partial charge in [0.2, 0.25) is 10.0 Å². The predicted octanol–water partition coefficient (Wildman–Crippen LogP) is 2.62. The fourth-order valence-corrected chi connectivity index (χ4v) is 4.08. The van der Waals surface area contributed by atoms with Crippen molar-refractivity contribution in [3.8, 4) is 0 Å². The molecule has 4 nitrogen and oxygen atoms in total. The molecule has 0 unspecified atom stereocenters. The van der Waals surface area contributed by atoms with Gasteiger partial charge in [0.05, 0.1) is 4.90 Å². The zero-order chi connectivity index (χ0) is 14.9. The summed E-state index contributed by atoms with van der Waals surface area (Å²) in [5.74, 6) is 0. The summed E-state index contributed by atoms with van der Waals surface area (Å²) >= 11 is 0. The van der Waals surface area contributed by atoms with Crippen LogP contribution in [0.5, 0.6) is 0 Å². The molecule has 0 radical (unpaired) electrons. The van der Waals surface area contributed by atoms with Crippen LogP contribution < -0.4 is 5.73 Å². The first-order chi connectivity index (χ1) is 10.1. The molecule has 1 aliphatic carbocycles. The van der Waals surface area contributed by atoms with Gasteiger partial charge in [0.15, 0.2) is 0 Å². The van der Waals surface area contributed by atoms with Crippen molar-refractivity contribution in [3.05, 3.63) is 60.2 Å². The summed E-state index contributed by atoms with van der Waals surface area (Å²) in [6.07, 6.45) is 1.85. The van der Waals surface area contributed by atoms with Crippen LogP contribution in [0.15, 0.2) is 59.5 Å². The Morgan fingerprint density at radius 1 is 1.05 bits per heavy atom. The lowest BCUT2D eigenvalue weighted by atomic mass is 10.2. The summed E-state index contributed by atoms with van der Waals surface area (Å²) in [6, 6.07) is 16.3. The lowest BCUT2D eigenvalue weighted by molar-refractivity contribution is 0.398. The highest BCUT2D eigenvalue weighted by molar-refractivity contribution is 7.89. The van der Waals surface area contributed by atoms with Gasteiger partial charge in [-0.3, -0.25) is 0 Å². The molecule has 2 aromatic carbocycles. The standard InChI is InChI=1S/C16H18N2O2S/c17-14-7-4-8-16(11-14)21(19,20)18(15-9-10-15)12-13-5-2-1-3-6-13/h1-8,11,15H,9-10,12,17H2. The largest absolute Gasteiger partial charge is 0.399 e. The van der Waals surface area contributed by atoms with E-state index >= 15 is 0 Å². The molecule has 1 fully saturated rings. The third-order valence-electron chi connectivity index (χ3n) is 3.60. The van der Waals surface area contributed by atoms with Crippen LogP contribution >= 0.6 is 0 Å². The van der Waals surface area contributed by atoms with Gasteiger partial charge in [-0.1, -0.05) is 36.4 Å². The molecule has 0 heterocycles. The minimum Gasteiger partial charge on any atom is -0.399 e. The minimum atomic E-state index is -3.51. The summed E-state index contributed by atoms with van der Waals surface area (Å²) in [5.41, 5.74) is 7.18. The number of nitrogen functional groups attached to an aromatic ring is 1. The second kappa shape index (κ2) is 5.50. The Hall–Kier alpha value is -1.85. The molecule has 1 aliphatic rings. The minimum absolute atomic E-state index is 0.108. The van der Waals surface area contributed by atoms with Crippen molar-refractivity contribution in [2.75, 3.05) is 5.73 Å². The molecule has 110 valence electrons. The zero-order valence-corrected chi connectivity index (χ0v) is 12.5. The van der Waals surface area contributed by atoms with E-state index < -0.39 is 10.0 Å². The van der Waals surface area contributed by atoms with Gasteiger partial charge in [-0.25, -0.2) is 8.42 Å². The number of hydrogen-bond donors (Lipinski definition) is 1. The SMILES string of the molecule is Nc1cccc(S(=O)(=O)N(Cc2ccccc2)C2CC2)c1. The summed E-state index contributed by atoms with van der Waals surface area (Å²) in [5, 5.41) is 0. The first-order valence-electron chi connectivity index (χ1n) is 6.99. The number of benzene rings is 2. The number of hydrogen-bond acceptors (Lipinski definition) is 3. The second-order valence-electron chi connectivity index (χ2n) is 5.34. The molecule has 0 amide bonds. The Morgan fingerprint density at radius 3 is 2.38 bits per heavy atom. The number of nitrogens with zero attached hydrogens (tertiary/aromatic N) is 1. The first kappa shape index (κ1) is 14.1. The average molecular weight is 302 g/mol. The number of anilines is 1. The molecular weight excluding hydrogens is 284 g/mol.